The summed E-state index contributed by atoms with van der Waals surface area (Å²) in [5, 5.41) is 8.04. The van der Waals surface area contributed by atoms with Crippen molar-refractivity contribution in [2.45, 2.75) is 50.7 Å². The van der Waals surface area contributed by atoms with Gasteiger partial charge in [0.25, 0.3) is 5.91 Å². The van der Waals surface area contributed by atoms with Gasteiger partial charge in [-0.3, -0.25) is 14.5 Å². The summed E-state index contributed by atoms with van der Waals surface area (Å²) in [7, 11) is 1.52. The molecule has 37 heavy (non-hydrogen) atoms. The Bertz CT molecular complexity index is 1260. The fraction of sp³-hybridized carbons (Fsp3) is 0.407. The normalized spacial score (nSPS) is 21.0. The summed E-state index contributed by atoms with van der Waals surface area (Å²) >= 11 is 0. The van der Waals surface area contributed by atoms with Crippen LogP contribution < -0.4 is 16.0 Å². The van der Waals surface area contributed by atoms with E-state index in [1.165, 1.54) is 19.2 Å². The highest BCUT2D eigenvalue weighted by molar-refractivity contribution is 6.09. The third-order valence-corrected chi connectivity index (χ3v) is 7.60. The first kappa shape index (κ1) is 24.7. The summed E-state index contributed by atoms with van der Waals surface area (Å²) in [4.78, 5) is 54.3. The van der Waals surface area contributed by atoms with Crippen LogP contribution in [-0.2, 0) is 29.0 Å². The van der Waals surface area contributed by atoms with E-state index in [1.807, 2.05) is 13.0 Å². The molecular weight excluding hydrogens is 477 g/mol. The molecule has 0 aromatic heterocycles. The van der Waals surface area contributed by atoms with Crippen LogP contribution in [0.3, 0.4) is 0 Å². The Morgan fingerprint density at radius 2 is 1.84 bits per heavy atom. The number of rotatable bonds is 7. The molecule has 0 bridgehead atoms. The molecule has 1 saturated heterocycles. The third-order valence-electron chi connectivity index (χ3n) is 7.60. The molecule has 2 aromatic carbocycles. The highest BCUT2D eigenvalue weighted by atomic mass is 19.1. The van der Waals surface area contributed by atoms with Crippen molar-refractivity contribution in [2.24, 2.45) is 5.92 Å². The summed E-state index contributed by atoms with van der Waals surface area (Å²) in [6.45, 7) is 1.90. The van der Waals surface area contributed by atoms with E-state index in [-0.39, 0.29) is 43.3 Å². The third kappa shape index (κ3) is 4.87. The van der Waals surface area contributed by atoms with Gasteiger partial charge in [0.2, 0.25) is 5.91 Å². The number of benzene rings is 2. The number of anilines is 1. The van der Waals surface area contributed by atoms with Gasteiger partial charge < -0.3 is 20.9 Å². The van der Waals surface area contributed by atoms with E-state index in [0.29, 0.717) is 18.0 Å². The summed E-state index contributed by atoms with van der Waals surface area (Å²) < 4.78 is 13.4. The first-order chi connectivity index (χ1) is 17.7. The van der Waals surface area contributed by atoms with E-state index >= 15 is 0 Å². The lowest BCUT2D eigenvalue weighted by molar-refractivity contribution is -0.140. The van der Waals surface area contributed by atoms with Crippen LogP contribution in [0.4, 0.5) is 19.7 Å². The molecule has 2 aliphatic carbocycles. The van der Waals surface area contributed by atoms with Gasteiger partial charge >= 0.3 is 12.1 Å². The number of halogens is 1. The fourth-order valence-corrected chi connectivity index (χ4v) is 5.31. The maximum Gasteiger partial charge on any atom is 0.325 e. The van der Waals surface area contributed by atoms with Crippen molar-refractivity contribution in [2.75, 3.05) is 18.9 Å². The molecular formula is C27H30FN5O4. The average Bonchev–Trinajstić information content (AvgIpc) is 3.62. The second-order valence-corrected chi connectivity index (χ2v) is 10.2. The smallest absolute Gasteiger partial charge is 0.325 e. The van der Waals surface area contributed by atoms with Gasteiger partial charge in [0.1, 0.15) is 17.9 Å². The van der Waals surface area contributed by atoms with Crippen molar-refractivity contribution in [3.63, 3.8) is 0 Å². The number of nitrogens with zero attached hydrogens (tertiary/aromatic N) is 2. The van der Waals surface area contributed by atoms with Crippen molar-refractivity contribution in [1.29, 1.82) is 0 Å². The van der Waals surface area contributed by atoms with E-state index in [9.17, 15) is 23.6 Å². The lowest BCUT2D eigenvalue weighted by Crippen LogP contribution is -2.49. The van der Waals surface area contributed by atoms with E-state index in [0.717, 1.165) is 34.4 Å². The Morgan fingerprint density at radius 1 is 1.14 bits per heavy atom. The molecule has 194 valence electrons. The topological polar surface area (TPSA) is 111 Å². The minimum absolute atomic E-state index is 0.0609. The zero-order chi connectivity index (χ0) is 26.3. The average molecular weight is 508 g/mol. The highest BCUT2D eigenvalue weighted by Gasteiger charge is 2.54. The van der Waals surface area contributed by atoms with Crippen LogP contribution in [0.1, 0.15) is 36.5 Å². The van der Waals surface area contributed by atoms with Crippen molar-refractivity contribution in [1.82, 2.24) is 20.4 Å². The Kier molecular flexibility index (Phi) is 6.35. The molecule has 5 rings (SSSR count). The molecule has 1 unspecified atom stereocenters. The van der Waals surface area contributed by atoms with Gasteiger partial charge in [0, 0.05) is 38.2 Å². The summed E-state index contributed by atoms with van der Waals surface area (Å²) in [6, 6.07) is 10.4. The number of carbonyl (C=O) groups is 4. The SMILES string of the molecule is CNC(=O)Nc1ccc2c(c1)CC1(C2)NC(=O)N(CC(=O)N(Cc2ccc(F)cc2)[C@@H](C)C2CC2)C1=O. The molecule has 1 spiro atoms. The van der Waals surface area contributed by atoms with E-state index in [2.05, 4.69) is 16.0 Å². The van der Waals surface area contributed by atoms with Gasteiger partial charge in [-0.2, -0.15) is 0 Å². The first-order valence-electron chi connectivity index (χ1n) is 12.5. The largest absolute Gasteiger partial charge is 0.341 e. The zero-order valence-corrected chi connectivity index (χ0v) is 20.8. The van der Waals surface area contributed by atoms with Crippen LogP contribution in [0.25, 0.3) is 0 Å². The maximum absolute atomic E-state index is 13.5. The van der Waals surface area contributed by atoms with E-state index < -0.39 is 17.5 Å². The number of hydrogen-bond donors (Lipinski definition) is 3. The van der Waals surface area contributed by atoms with E-state index in [1.54, 1.807) is 29.2 Å². The van der Waals surface area contributed by atoms with Crippen molar-refractivity contribution in [3.05, 3.63) is 65.0 Å². The number of nitrogens with one attached hydrogen (secondary N) is 3. The van der Waals surface area contributed by atoms with Crippen LogP contribution >= 0.6 is 0 Å². The van der Waals surface area contributed by atoms with Gasteiger partial charge in [-0.1, -0.05) is 18.2 Å². The van der Waals surface area contributed by atoms with Crippen molar-refractivity contribution >= 4 is 29.6 Å². The molecule has 2 atom stereocenters. The molecule has 3 N–H and O–H groups in total. The number of hydrogen-bond acceptors (Lipinski definition) is 4. The molecule has 6 amide bonds. The predicted molar refractivity (Wildman–Crippen MR) is 134 cm³/mol. The van der Waals surface area contributed by atoms with Gasteiger partial charge in [0.05, 0.1) is 0 Å². The summed E-state index contributed by atoms with van der Waals surface area (Å²) in [5.74, 6) is -0.725. The first-order valence-corrected chi connectivity index (χ1v) is 12.5. The van der Waals surface area contributed by atoms with Gasteiger partial charge in [-0.15, -0.1) is 0 Å². The monoisotopic (exact) mass is 507 g/mol. The molecule has 2 aromatic rings. The van der Waals surface area contributed by atoms with Gasteiger partial charge in [-0.05, 0) is 66.6 Å². The molecule has 1 heterocycles. The van der Waals surface area contributed by atoms with Crippen LogP contribution in [0.15, 0.2) is 42.5 Å². The van der Waals surface area contributed by atoms with Crippen molar-refractivity contribution < 1.29 is 23.6 Å². The number of urea groups is 2. The standard InChI is InChI=1S/C27H30FN5O4/c1-16(18-5-6-18)32(14-17-3-8-21(28)9-4-17)23(34)15-33-24(35)27(31-26(33)37)12-19-7-10-22(11-20(19)13-27)30-25(36)29-2/h3-4,7-11,16,18H,5-6,12-15H2,1-2H3,(H,31,37)(H2,29,30,36)/t16-,27?/m0/s1. The molecule has 1 saturated carbocycles. The van der Waals surface area contributed by atoms with Crippen LogP contribution in [0.5, 0.6) is 0 Å². The van der Waals surface area contributed by atoms with Crippen LogP contribution in [-0.4, -0.2) is 58.8 Å². The summed E-state index contributed by atoms with van der Waals surface area (Å²) in [6.07, 6.45) is 2.64. The zero-order valence-electron chi connectivity index (χ0n) is 20.8. The van der Waals surface area contributed by atoms with Gasteiger partial charge in [0.15, 0.2) is 0 Å². The molecule has 0 radical (unpaired) electrons. The Morgan fingerprint density at radius 3 is 2.51 bits per heavy atom. The van der Waals surface area contributed by atoms with Crippen LogP contribution in [0, 0.1) is 11.7 Å². The van der Waals surface area contributed by atoms with Gasteiger partial charge in [-0.25, -0.2) is 14.0 Å². The Balaban J connectivity index is 1.31. The molecule has 10 heteroatoms. The predicted octanol–water partition coefficient (Wildman–Crippen LogP) is 2.79. The number of amides is 6. The second-order valence-electron chi connectivity index (χ2n) is 10.2. The lowest BCUT2D eigenvalue weighted by atomic mass is 9.96. The molecule has 2 fully saturated rings. The maximum atomic E-state index is 13.5. The molecule has 3 aliphatic rings. The minimum atomic E-state index is -1.14. The van der Waals surface area contributed by atoms with Crippen molar-refractivity contribution in [3.8, 4) is 0 Å². The highest BCUT2D eigenvalue weighted by Crippen LogP contribution is 2.38. The number of carbonyl (C=O) groups excluding carboxylic acids is 4. The number of imide groups is 1. The molecule has 9 nitrogen and oxygen atoms in total. The quantitative estimate of drug-likeness (QED) is 0.501. The minimum Gasteiger partial charge on any atom is -0.341 e. The number of fused-ring (bicyclic) bond motifs is 1. The summed E-state index contributed by atoms with van der Waals surface area (Å²) in [5.41, 5.74) is 1.99. The lowest BCUT2D eigenvalue weighted by Gasteiger charge is -2.31. The fourth-order valence-electron chi connectivity index (χ4n) is 5.31. The molecule has 1 aliphatic heterocycles. The second kappa shape index (κ2) is 9.49. The van der Waals surface area contributed by atoms with E-state index in [4.69, 9.17) is 0 Å². The Hall–Kier alpha value is -3.95. The Labute approximate surface area is 214 Å². The van der Waals surface area contributed by atoms with Crippen LogP contribution in [0.2, 0.25) is 0 Å².